The summed E-state index contributed by atoms with van der Waals surface area (Å²) in [6.45, 7) is 3.11. The van der Waals surface area contributed by atoms with Crippen molar-refractivity contribution < 1.29 is 13.2 Å². The van der Waals surface area contributed by atoms with Crippen molar-refractivity contribution in [2.24, 2.45) is 7.05 Å². The molecule has 1 fully saturated rings. The number of carbonyl (C=O) groups is 1. The molecule has 0 aliphatic carbocycles. The van der Waals surface area contributed by atoms with Gasteiger partial charge in [-0.2, -0.15) is 9.40 Å². The molecule has 0 N–H and O–H groups in total. The van der Waals surface area contributed by atoms with Crippen LogP contribution in [0.25, 0.3) is 11.3 Å². The highest BCUT2D eigenvalue weighted by Gasteiger charge is 2.33. The SMILES string of the molecule is Cc1cccc(C(=O)N2CCN(S(=O)(=O)c3cn(C)nc3-c3ccncc3)CC2)c1. The summed E-state index contributed by atoms with van der Waals surface area (Å²) < 4.78 is 29.6. The molecule has 2 aromatic heterocycles. The number of hydrogen-bond donors (Lipinski definition) is 0. The van der Waals surface area contributed by atoms with E-state index >= 15 is 0 Å². The lowest BCUT2D eigenvalue weighted by Gasteiger charge is -2.34. The summed E-state index contributed by atoms with van der Waals surface area (Å²) in [6.07, 6.45) is 4.74. The molecule has 0 unspecified atom stereocenters. The fourth-order valence-electron chi connectivity index (χ4n) is 3.60. The Morgan fingerprint density at radius 3 is 2.40 bits per heavy atom. The molecule has 156 valence electrons. The van der Waals surface area contributed by atoms with Gasteiger partial charge in [-0.3, -0.25) is 14.5 Å². The summed E-state index contributed by atoms with van der Waals surface area (Å²) in [6, 6.07) is 10.9. The van der Waals surface area contributed by atoms with Gasteiger partial charge in [0.05, 0.1) is 0 Å². The van der Waals surface area contributed by atoms with Crippen LogP contribution in [-0.4, -0.2) is 64.5 Å². The smallest absolute Gasteiger partial charge is 0.253 e. The van der Waals surface area contributed by atoms with Crippen LogP contribution in [0, 0.1) is 6.92 Å². The number of aryl methyl sites for hydroxylation is 2. The van der Waals surface area contributed by atoms with Gasteiger partial charge in [-0.1, -0.05) is 17.7 Å². The summed E-state index contributed by atoms with van der Waals surface area (Å²) in [4.78, 5) is 18.6. The number of piperazine rings is 1. The number of amides is 1. The molecule has 1 aromatic carbocycles. The minimum atomic E-state index is -3.75. The number of aromatic nitrogens is 3. The number of hydrogen-bond acceptors (Lipinski definition) is 5. The highest BCUT2D eigenvalue weighted by atomic mass is 32.2. The molecule has 0 spiro atoms. The molecule has 4 rings (SSSR count). The van der Waals surface area contributed by atoms with Crippen LogP contribution in [0.5, 0.6) is 0 Å². The van der Waals surface area contributed by atoms with Crippen LogP contribution in [0.3, 0.4) is 0 Å². The second kappa shape index (κ2) is 8.00. The normalized spacial score (nSPS) is 15.3. The first-order chi connectivity index (χ1) is 14.4. The Morgan fingerprint density at radius 2 is 1.73 bits per heavy atom. The summed E-state index contributed by atoms with van der Waals surface area (Å²) >= 11 is 0. The summed E-state index contributed by atoms with van der Waals surface area (Å²) in [7, 11) is -2.05. The molecule has 1 aliphatic rings. The molecule has 8 nitrogen and oxygen atoms in total. The van der Waals surface area contributed by atoms with E-state index in [1.165, 1.54) is 15.2 Å². The molecule has 1 aliphatic heterocycles. The zero-order valence-electron chi connectivity index (χ0n) is 16.9. The molecular weight excluding hydrogens is 402 g/mol. The molecule has 0 radical (unpaired) electrons. The highest BCUT2D eigenvalue weighted by Crippen LogP contribution is 2.28. The van der Waals surface area contributed by atoms with Crippen LogP contribution in [0.15, 0.2) is 59.9 Å². The van der Waals surface area contributed by atoms with Crippen molar-refractivity contribution in [1.29, 1.82) is 0 Å². The predicted octanol–water partition coefficient (Wildman–Crippen LogP) is 1.94. The number of benzene rings is 1. The Bertz CT molecular complexity index is 1170. The van der Waals surface area contributed by atoms with Gasteiger partial charge in [0.1, 0.15) is 10.6 Å². The molecule has 3 aromatic rings. The van der Waals surface area contributed by atoms with Crippen LogP contribution in [0.1, 0.15) is 15.9 Å². The molecular formula is C21H23N5O3S. The fourth-order valence-corrected chi connectivity index (χ4v) is 5.21. The van der Waals surface area contributed by atoms with Crippen LogP contribution in [-0.2, 0) is 17.1 Å². The zero-order chi connectivity index (χ0) is 21.3. The summed E-state index contributed by atoms with van der Waals surface area (Å²) in [5.74, 6) is -0.0744. The Morgan fingerprint density at radius 1 is 1.03 bits per heavy atom. The molecule has 3 heterocycles. The van der Waals surface area contributed by atoms with Crippen LogP contribution in [0.2, 0.25) is 0 Å². The van der Waals surface area contributed by atoms with E-state index in [-0.39, 0.29) is 23.9 Å². The first kappa shape index (κ1) is 20.2. The van der Waals surface area contributed by atoms with Crippen LogP contribution in [0.4, 0.5) is 0 Å². The van der Waals surface area contributed by atoms with Gasteiger partial charge >= 0.3 is 0 Å². The van der Waals surface area contributed by atoms with Crippen molar-refractivity contribution in [3.63, 3.8) is 0 Å². The van der Waals surface area contributed by atoms with Crippen LogP contribution < -0.4 is 0 Å². The van der Waals surface area contributed by atoms with E-state index in [0.717, 1.165) is 5.56 Å². The van der Waals surface area contributed by atoms with E-state index in [1.54, 1.807) is 42.5 Å². The minimum Gasteiger partial charge on any atom is -0.336 e. The Kier molecular flexibility index (Phi) is 5.40. The van der Waals surface area contributed by atoms with Crippen molar-refractivity contribution in [2.45, 2.75) is 11.8 Å². The van der Waals surface area contributed by atoms with Gasteiger partial charge in [-0.15, -0.1) is 0 Å². The highest BCUT2D eigenvalue weighted by molar-refractivity contribution is 7.89. The predicted molar refractivity (Wildman–Crippen MR) is 112 cm³/mol. The van der Waals surface area contributed by atoms with Gasteiger partial charge in [-0.25, -0.2) is 8.42 Å². The molecule has 0 saturated carbocycles. The average molecular weight is 426 g/mol. The lowest BCUT2D eigenvalue weighted by Crippen LogP contribution is -2.50. The second-order valence-corrected chi connectivity index (χ2v) is 9.22. The van der Waals surface area contributed by atoms with Gasteiger partial charge in [0.25, 0.3) is 5.91 Å². The van der Waals surface area contributed by atoms with E-state index in [4.69, 9.17) is 0 Å². The van der Waals surface area contributed by atoms with Crippen molar-refractivity contribution >= 4 is 15.9 Å². The average Bonchev–Trinajstić information content (AvgIpc) is 3.16. The third-order valence-corrected chi connectivity index (χ3v) is 7.06. The summed E-state index contributed by atoms with van der Waals surface area (Å²) in [5, 5.41) is 4.35. The number of pyridine rings is 1. The third kappa shape index (κ3) is 3.86. The number of rotatable bonds is 4. The summed E-state index contributed by atoms with van der Waals surface area (Å²) in [5.41, 5.74) is 2.73. The fraction of sp³-hybridized carbons (Fsp3) is 0.286. The van der Waals surface area contributed by atoms with E-state index in [1.807, 2.05) is 25.1 Å². The van der Waals surface area contributed by atoms with E-state index < -0.39 is 10.0 Å². The molecule has 0 bridgehead atoms. The molecule has 30 heavy (non-hydrogen) atoms. The van der Waals surface area contributed by atoms with Gasteiger partial charge in [0, 0.05) is 62.9 Å². The lowest BCUT2D eigenvalue weighted by molar-refractivity contribution is 0.0698. The van der Waals surface area contributed by atoms with E-state index in [2.05, 4.69) is 10.1 Å². The number of nitrogens with zero attached hydrogens (tertiary/aromatic N) is 5. The zero-order valence-corrected chi connectivity index (χ0v) is 17.7. The largest absolute Gasteiger partial charge is 0.336 e. The number of carbonyl (C=O) groups excluding carboxylic acids is 1. The maximum Gasteiger partial charge on any atom is 0.253 e. The van der Waals surface area contributed by atoms with Crippen LogP contribution >= 0.6 is 0 Å². The second-order valence-electron chi connectivity index (χ2n) is 7.32. The minimum absolute atomic E-state index is 0.0744. The van der Waals surface area contributed by atoms with E-state index in [9.17, 15) is 13.2 Å². The lowest BCUT2D eigenvalue weighted by atomic mass is 10.1. The molecule has 1 saturated heterocycles. The first-order valence-corrected chi connectivity index (χ1v) is 11.1. The topological polar surface area (TPSA) is 88.4 Å². The van der Waals surface area contributed by atoms with Gasteiger partial charge < -0.3 is 4.90 Å². The van der Waals surface area contributed by atoms with Crippen molar-refractivity contribution in [3.8, 4) is 11.3 Å². The standard InChI is InChI=1S/C21H23N5O3S/c1-16-4-3-5-18(14-16)21(27)25-10-12-26(13-11-25)30(28,29)19-15-24(2)23-20(19)17-6-8-22-9-7-17/h3-9,14-15H,10-13H2,1-2H3. The molecule has 9 heteroatoms. The van der Waals surface area contributed by atoms with E-state index in [0.29, 0.717) is 29.9 Å². The monoisotopic (exact) mass is 425 g/mol. The third-order valence-electron chi connectivity index (χ3n) is 5.16. The quantitative estimate of drug-likeness (QED) is 0.637. The van der Waals surface area contributed by atoms with Crippen molar-refractivity contribution in [2.75, 3.05) is 26.2 Å². The first-order valence-electron chi connectivity index (χ1n) is 9.66. The Balaban J connectivity index is 1.53. The number of sulfonamides is 1. The Hall–Kier alpha value is -3.04. The maximum absolute atomic E-state index is 13.3. The van der Waals surface area contributed by atoms with Crippen molar-refractivity contribution in [3.05, 3.63) is 66.1 Å². The molecule has 0 atom stereocenters. The van der Waals surface area contributed by atoms with Crippen molar-refractivity contribution in [1.82, 2.24) is 24.0 Å². The molecule has 1 amide bonds. The maximum atomic E-state index is 13.3. The van der Waals surface area contributed by atoms with Gasteiger partial charge in [0.2, 0.25) is 10.0 Å². The van der Waals surface area contributed by atoms with Gasteiger partial charge in [0.15, 0.2) is 0 Å². The Labute approximate surface area is 175 Å². The van der Waals surface area contributed by atoms with Gasteiger partial charge in [-0.05, 0) is 31.2 Å².